The third-order valence-electron chi connectivity index (χ3n) is 3.32. The Bertz CT molecular complexity index is 637. The average Bonchev–Trinajstić information content (AvgIpc) is 2.41. The number of nitrogens with one attached hydrogen (secondary N) is 1. The predicted molar refractivity (Wildman–Crippen MR) is 80.7 cm³/mol. The average molecular weight is 271 g/mol. The number of hydrogen-bond acceptors (Lipinski definition) is 2. The fourth-order valence-electron chi connectivity index (χ4n) is 2.14. The number of anilines is 1. The van der Waals surface area contributed by atoms with Gasteiger partial charge < -0.3 is 10.6 Å². The van der Waals surface area contributed by atoms with Crippen LogP contribution in [0.3, 0.4) is 0 Å². The van der Waals surface area contributed by atoms with E-state index < -0.39 is 0 Å². The Morgan fingerprint density at radius 1 is 1.25 bits per heavy atom. The number of benzene rings is 2. The van der Waals surface area contributed by atoms with Gasteiger partial charge in [0.25, 0.3) is 0 Å². The number of nitrogens with two attached hydrogens (primary N) is 1. The van der Waals surface area contributed by atoms with Crippen LogP contribution in [0.1, 0.15) is 16.7 Å². The molecule has 2 aromatic carbocycles. The molecule has 0 atom stereocenters. The second-order valence-corrected chi connectivity index (χ2v) is 4.86. The number of para-hydroxylation sites is 1. The molecule has 0 spiro atoms. The standard InChI is InChI=1S/C16H18FN3/c1-11-9-12(16(18)19)7-8-13(11)10-20(2)15-6-4-3-5-14(15)17/h3-9H,10H2,1-2H3,(H3,18,19). The molecule has 20 heavy (non-hydrogen) atoms. The summed E-state index contributed by atoms with van der Waals surface area (Å²) >= 11 is 0. The van der Waals surface area contributed by atoms with E-state index in [1.807, 2.05) is 43.1 Å². The van der Waals surface area contributed by atoms with Crippen molar-refractivity contribution < 1.29 is 4.39 Å². The molecule has 0 amide bonds. The van der Waals surface area contributed by atoms with Gasteiger partial charge in [-0.25, -0.2) is 4.39 Å². The van der Waals surface area contributed by atoms with Gasteiger partial charge in [-0.3, -0.25) is 5.41 Å². The maximum Gasteiger partial charge on any atom is 0.146 e. The molecule has 0 saturated carbocycles. The molecule has 0 aliphatic heterocycles. The number of aryl methyl sites for hydroxylation is 1. The Balaban J connectivity index is 2.22. The van der Waals surface area contributed by atoms with E-state index in [1.54, 1.807) is 12.1 Å². The maximum absolute atomic E-state index is 13.7. The Kier molecular flexibility index (Phi) is 4.03. The molecule has 4 heteroatoms. The van der Waals surface area contributed by atoms with Crippen LogP contribution in [0.4, 0.5) is 10.1 Å². The molecule has 0 heterocycles. The van der Waals surface area contributed by atoms with Gasteiger partial charge in [0.1, 0.15) is 11.7 Å². The molecular weight excluding hydrogens is 253 g/mol. The summed E-state index contributed by atoms with van der Waals surface area (Å²) in [6.45, 7) is 2.57. The molecule has 0 unspecified atom stereocenters. The smallest absolute Gasteiger partial charge is 0.146 e. The summed E-state index contributed by atoms with van der Waals surface area (Å²) in [5.41, 5.74) is 8.87. The van der Waals surface area contributed by atoms with Crippen molar-refractivity contribution in [3.8, 4) is 0 Å². The van der Waals surface area contributed by atoms with Gasteiger partial charge in [-0.15, -0.1) is 0 Å². The molecule has 104 valence electrons. The summed E-state index contributed by atoms with van der Waals surface area (Å²) in [5.74, 6) is -0.171. The van der Waals surface area contributed by atoms with Crippen LogP contribution >= 0.6 is 0 Å². The van der Waals surface area contributed by atoms with Crippen LogP contribution in [0, 0.1) is 18.2 Å². The molecule has 0 aliphatic rings. The van der Waals surface area contributed by atoms with Gasteiger partial charge in [0.05, 0.1) is 5.69 Å². The molecule has 3 nitrogen and oxygen atoms in total. The zero-order chi connectivity index (χ0) is 14.7. The molecule has 0 fully saturated rings. The van der Waals surface area contributed by atoms with Crippen molar-refractivity contribution >= 4 is 11.5 Å². The molecule has 0 aromatic heterocycles. The number of amidine groups is 1. The van der Waals surface area contributed by atoms with Crippen molar-refractivity contribution in [1.29, 1.82) is 5.41 Å². The van der Waals surface area contributed by atoms with Crippen molar-refractivity contribution in [3.63, 3.8) is 0 Å². The fraction of sp³-hybridized carbons (Fsp3) is 0.188. The lowest BCUT2D eigenvalue weighted by Crippen LogP contribution is -2.19. The van der Waals surface area contributed by atoms with Gasteiger partial charge in [-0.1, -0.05) is 24.3 Å². The highest BCUT2D eigenvalue weighted by Crippen LogP contribution is 2.21. The van der Waals surface area contributed by atoms with Gasteiger partial charge in [-0.2, -0.15) is 0 Å². The van der Waals surface area contributed by atoms with Crippen LogP contribution in [0.5, 0.6) is 0 Å². The first-order valence-electron chi connectivity index (χ1n) is 6.38. The molecule has 0 bridgehead atoms. The number of halogens is 1. The summed E-state index contributed by atoms with van der Waals surface area (Å²) in [7, 11) is 1.86. The SMILES string of the molecule is Cc1cc(C(=N)N)ccc1CN(C)c1ccccc1F. The highest BCUT2D eigenvalue weighted by Gasteiger charge is 2.09. The summed E-state index contributed by atoms with van der Waals surface area (Å²) in [4.78, 5) is 1.87. The number of hydrogen-bond donors (Lipinski definition) is 2. The van der Waals surface area contributed by atoms with Crippen molar-refractivity contribution in [1.82, 2.24) is 0 Å². The van der Waals surface area contributed by atoms with Gasteiger partial charge in [0.15, 0.2) is 0 Å². The lowest BCUT2D eigenvalue weighted by atomic mass is 10.0. The predicted octanol–water partition coefficient (Wildman–Crippen LogP) is 3.05. The second-order valence-electron chi connectivity index (χ2n) is 4.86. The minimum Gasteiger partial charge on any atom is -0.384 e. The quantitative estimate of drug-likeness (QED) is 0.663. The lowest BCUT2D eigenvalue weighted by molar-refractivity contribution is 0.622. The molecule has 0 radical (unpaired) electrons. The van der Waals surface area contributed by atoms with Gasteiger partial charge in [-0.05, 0) is 36.2 Å². The molecular formula is C16H18FN3. The van der Waals surface area contributed by atoms with Crippen LogP contribution in [0.15, 0.2) is 42.5 Å². The zero-order valence-corrected chi connectivity index (χ0v) is 11.7. The molecule has 3 N–H and O–H groups in total. The van der Waals surface area contributed by atoms with Crippen molar-refractivity contribution in [2.45, 2.75) is 13.5 Å². The monoisotopic (exact) mass is 271 g/mol. The van der Waals surface area contributed by atoms with Crippen molar-refractivity contribution in [3.05, 3.63) is 65.0 Å². The molecule has 0 aliphatic carbocycles. The van der Waals surface area contributed by atoms with E-state index >= 15 is 0 Å². The van der Waals surface area contributed by atoms with Crippen molar-refractivity contribution in [2.75, 3.05) is 11.9 Å². The first-order valence-corrected chi connectivity index (χ1v) is 6.38. The summed E-state index contributed by atoms with van der Waals surface area (Å²) in [6.07, 6.45) is 0. The molecule has 2 aromatic rings. The summed E-state index contributed by atoms with van der Waals surface area (Å²) < 4.78 is 13.7. The zero-order valence-electron chi connectivity index (χ0n) is 11.7. The largest absolute Gasteiger partial charge is 0.384 e. The van der Waals surface area contributed by atoms with Crippen LogP contribution in [0.25, 0.3) is 0 Å². The van der Waals surface area contributed by atoms with Gasteiger partial charge in [0, 0.05) is 19.2 Å². The normalized spacial score (nSPS) is 10.3. The third kappa shape index (κ3) is 2.96. The van der Waals surface area contributed by atoms with E-state index in [1.165, 1.54) is 6.07 Å². The summed E-state index contributed by atoms with van der Waals surface area (Å²) in [5, 5.41) is 7.42. The van der Waals surface area contributed by atoms with Crippen LogP contribution in [-0.2, 0) is 6.54 Å². The van der Waals surface area contributed by atoms with Gasteiger partial charge >= 0.3 is 0 Å². The van der Waals surface area contributed by atoms with E-state index in [2.05, 4.69) is 0 Å². The maximum atomic E-state index is 13.7. The number of nitrogen functional groups attached to an aromatic ring is 1. The minimum absolute atomic E-state index is 0.0575. The van der Waals surface area contributed by atoms with Crippen molar-refractivity contribution in [2.24, 2.45) is 5.73 Å². The summed E-state index contributed by atoms with van der Waals surface area (Å²) in [6, 6.07) is 12.3. The lowest BCUT2D eigenvalue weighted by Gasteiger charge is -2.21. The highest BCUT2D eigenvalue weighted by atomic mass is 19.1. The van der Waals surface area contributed by atoms with E-state index in [4.69, 9.17) is 11.1 Å². The Morgan fingerprint density at radius 3 is 2.55 bits per heavy atom. The van der Waals surface area contributed by atoms with Crippen LogP contribution < -0.4 is 10.6 Å². The van der Waals surface area contributed by atoms with E-state index in [0.717, 1.165) is 11.1 Å². The second kappa shape index (κ2) is 5.74. The highest BCUT2D eigenvalue weighted by molar-refractivity contribution is 5.95. The topological polar surface area (TPSA) is 53.1 Å². The van der Waals surface area contributed by atoms with Gasteiger partial charge in [0.2, 0.25) is 0 Å². The number of rotatable bonds is 4. The Morgan fingerprint density at radius 2 is 1.95 bits per heavy atom. The molecule has 2 rings (SSSR count). The first-order chi connectivity index (χ1) is 9.49. The first kappa shape index (κ1) is 14.1. The number of nitrogens with zero attached hydrogens (tertiary/aromatic N) is 1. The van der Waals surface area contributed by atoms with Crippen LogP contribution in [0.2, 0.25) is 0 Å². The molecule has 0 saturated heterocycles. The Labute approximate surface area is 118 Å². The minimum atomic E-state index is -0.229. The van der Waals surface area contributed by atoms with E-state index in [9.17, 15) is 4.39 Å². The van der Waals surface area contributed by atoms with E-state index in [-0.39, 0.29) is 11.7 Å². The van der Waals surface area contributed by atoms with E-state index in [0.29, 0.717) is 17.8 Å². The van der Waals surface area contributed by atoms with Crippen LogP contribution in [-0.4, -0.2) is 12.9 Å². The third-order valence-corrected chi connectivity index (χ3v) is 3.32. The fourth-order valence-corrected chi connectivity index (χ4v) is 2.14. The Hall–Kier alpha value is -2.36.